The summed E-state index contributed by atoms with van der Waals surface area (Å²) in [6.45, 7) is 1.02. The van der Waals surface area contributed by atoms with Gasteiger partial charge >= 0.3 is 0 Å². The molecule has 1 aliphatic carbocycles. The van der Waals surface area contributed by atoms with Crippen LogP contribution in [0, 0.1) is 5.92 Å². The fourth-order valence-electron chi connectivity index (χ4n) is 1.62. The first-order valence-corrected chi connectivity index (χ1v) is 6.44. The highest BCUT2D eigenvalue weighted by Gasteiger charge is 2.24. The Bertz CT molecular complexity index is 408. The highest BCUT2D eigenvalue weighted by molar-refractivity contribution is 6.35. The van der Waals surface area contributed by atoms with Crippen LogP contribution in [0.25, 0.3) is 0 Å². The van der Waals surface area contributed by atoms with Crippen LogP contribution in [-0.2, 0) is 0 Å². The van der Waals surface area contributed by atoms with Crippen LogP contribution < -0.4 is 16.2 Å². The van der Waals surface area contributed by atoms with E-state index in [0.29, 0.717) is 34.9 Å². The summed E-state index contributed by atoms with van der Waals surface area (Å²) in [7, 11) is 0. The second-order valence-electron chi connectivity index (χ2n) is 4.40. The lowest BCUT2D eigenvalue weighted by Gasteiger charge is -2.17. The molecule has 1 aliphatic rings. The van der Waals surface area contributed by atoms with Gasteiger partial charge in [-0.3, -0.25) is 0 Å². The van der Waals surface area contributed by atoms with Crippen LogP contribution in [0.4, 0.5) is 0 Å². The van der Waals surface area contributed by atoms with Gasteiger partial charge in [0.25, 0.3) is 0 Å². The fraction of sp³-hybridized carbons (Fsp3) is 0.500. The van der Waals surface area contributed by atoms with E-state index in [1.54, 1.807) is 12.1 Å². The van der Waals surface area contributed by atoms with Crippen molar-refractivity contribution >= 4 is 23.2 Å². The number of hydrogen-bond acceptors (Lipinski definition) is 3. The first kappa shape index (κ1) is 13.0. The SMILES string of the molecule is NCC(N)c1cc(Cl)cc(Cl)c1OCC1CC1. The third-order valence-electron chi connectivity index (χ3n) is 2.85. The summed E-state index contributed by atoms with van der Waals surface area (Å²) in [4.78, 5) is 0. The van der Waals surface area contributed by atoms with Crippen LogP contribution in [0.5, 0.6) is 5.75 Å². The van der Waals surface area contributed by atoms with Crippen molar-refractivity contribution in [2.24, 2.45) is 17.4 Å². The minimum atomic E-state index is -0.305. The molecule has 0 amide bonds. The van der Waals surface area contributed by atoms with Gasteiger partial charge in [0.05, 0.1) is 11.6 Å². The first-order valence-electron chi connectivity index (χ1n) is 5.69. The average molecular weight is 275 g/mol. The third-order valence-corrected chi connectivity index (χ3v) is 3.35. The molecule has 5 heteroatoms. The normalized spacial score (nSPS) is 16.9. The first-order chi connectivity index (χ1) is 8.11. The Kier molecular flexibility index (Phi) is 4.15. The van der Waals surface area contributed by atoms with Crippen LogP contribution in [0.15, 0.2) is 12.1 Å². The lowest BCUT2D eigenvalue weighted by atomic mass is 10.1. The van der Waals surface area contributed by atoms with Gasteiger partial charge in [-0.15, -0.1) is 0 Å². The molecule has 2 rings (SSSR count). The molecule has 0 aliphatic heterocycles. The van der Waals surface area contributed by atoms with Gasteiger partial charge in [-0.05, 0) is 30.9 Å². The Morgan fingerprint density at radius 3 is 2.65 bits per heavy atom. The van der Waals surface area contributed by atoms with Gasteiger partial charge < -0.3 is 16.2 Å². The van der Waals surface area contributed by atoms with Crippen LogP contribution >= 0.6 is 23.2 Å². The zero-order chi connectivity index (χ0) is 12.4. The molecule has 1 saturated carbocycles. The molecule has 1 unspecified atom stereocenters. The van der Waals surface area contributed by atoms with Gasteiger partial charge in [-0.1, -0.05) is 23.2 Å². The van der Waals surface area contributed by atoms with E-state index in [1.165, 1.54) is 12.8 Å². The monoisotopic (exact) mass is 274 g/mol. The van der Waals surface area contributed by atoms with Crippen LogP contribution in [-0.4, -0.2) is 13.2 Å². The number of ether oxygens (including phenoxy) is 1. The van der Waals surface area contributed by atoms with E-state index < -0.39 is 0 Å². The minimum absolute atomic E-state index is 0.305. The topological polar surface area (TPSA) is 61.3 Å². The molecule has 4 N–H and O–H groups in total. The summed E-state index contributed by atoms with van der Waals surface area (Å²) in [5.74, 6) is 1.28. The molecule has 1 atom stereocenters. The molecule has 94 valence electrons. The van der Waals surface area contributed by atoms with E-state index in [0.717, 1.165) is 5.56 Å². The van der Waals surface area contributed by atoms with Gasteiger partial charge in [0, 0.05) is 23.2 Å². The Labute approximate surface area is 111 Å². The number of hydrogen-bond donors (Lipinski definition) is 2. The summed E-state index contributed by atoms with van der Waals surface area (Å²) in [5, 5.41) is 1.05. The number of nitrogens with two attached hydrogens (primary N) is 2. The Balaban J connectivity index is 2.24. The molecule has 1 fully saturated rings. The van der Waals surface area contributed by atoms with Gasteiger partial charge in [0.2, 0.25) is 0 Å². The van der Waals surface area contributed by atoms with E-state index in [2.05, 4.69) is 0 Å². The summed E-state index contributed by atoms with van der Waals surface area (Å²) < 4.78 is 5.74. The maximum atomic E-state index is 6.13. The van der Waals surface area contributed by atoms with E-state index in [-0.39, 0.29) is 6.04 Å². The molecular weight excluding hydrogens is 259 g/mol. The number of halogens is 2. The van der Waals surface area contributed by atoms with Crippen molar-refractivity contribution in [1.29, 1.82) is 0 Å². The second-order valence-corrected chi connectivity index (χ2v) is 5.25. The maximum absolute atomic E-state index is 6.13. The van der Waals surface area contributed by atoms with Crippen LogP contribution in [0.2, 0.25) is 10.0 Å². The minimum Gasteiger partial charge on any atom is -0.491 e. The summed E-state index contributed by atoms with van der Waals surface area (Å²) >= 11 is 12.1. The van der Waals surface area contributed by atoms with Gasteiger partial charge in [-0.2, -0.15) is 0 Å². The van der Waals surface area contributed by atoms with Crippen molar-refractivity contribution in [3.05, 3.63) is 27.7 Å². The standard InChI is InChI=1S/C12H16Cl2N2O/c13-8-3-9(11(16)5-15)12(10(14)4-8)17-6-7-1-2-7/h3-4,7,11H,1-2,5-6,15-16H2. The van der Waals surface area contributed by atoms with Crippen molar-refractivity contribution in [1.82, 2.24) is 0 Å². The molecule has 0 spiro atoms. The van der Waals surface area contributed by atoms with E-state index in [9.17, 15) is 0 Å². The molecule has 0 saturated heterocycles. The highest BCUT2D eigenvalue weighted by Crippen LogP contribution is 2.37. The molecule has 17 heavy (non-hydrogen) atoms. The van der Waals surface area contributed by atoms with Gasteiger partial charge in [-0.25, -0.2) is 0 Å². The maximum Gasteiger partial charge on any atom is 0.142 e. The average Bonchev–Trinajstić information content (AvgIpc) is 3.09. The lowest BCUT2D eigenvalue weighted by Crippen LogP contribution is -2.22. The second kappa shape index (κ2) is 5.44. The lowest BCUT2D eigenvalue weighted by molar-refractivity contribution is 0.295. The number of benzene rings is 1. The fourth-order valence-corrected chi connectivity index (χ4v) is 2.18. The zero-order valence-corrected chi connectivity index (χ0v) is 11.0. The van der Waals surface area contributed by atoms with E-state index in [4.69, 9.17) is 39.4 Å². The van der Waals surface area contributed by atoms with Crippen molar-refractivity contribution in [3.8, 4) is 5.75 Å². The Hall–Kier alpha value is -0.480. The summed E-state index contributed by atoms with van der Waals surface area (Å²) in [6, 6.07) is 3.13. The Morgan fingerprint density at radius 1 is 1.35 bits per heavy atom. The van der Waals surface area contributed by atoms with Crippen molar-refractivity contribution < 1.29 is 4.74 Å². The van der Waals surface area contributed by atoms with E-state index in [1.807, 2.05) is 0 Å². The molecule has 0 aromatic heterocycles. The third kappa shape index (κ3) is 3.26. The van der Waals surface area contributed by atoms with Crippen molar-refractivity contribution in [2.75, 3.05) is 13.2 Å². The highest BCUT2D eigenvalue weighted by atomic mass is 35.5. The summed E-state index contributed by atoms with van der Waals surface area (Å²) in [5.41, 5.74) is 12.3. The molecular formula is C12H16Cl2N2O. The van der Waals surface area contributed by atoms with Crippen LogP contribution in [0.3, 0.4) is 0 Å². The van der Waals surface area contributed by atoms with Crippen molar-refractivity contribution in [3.63, 3.8) is 0 Å². The smallest absolute Gasteiger partial charge is 0.142 e. The molecule has 1 aromatic rings. The van der Waals surface area contributed by atoms with Gasteiger partial charge in [0.1, 0.15) is 5.75 Å². The Morgan fingerprint density at radius 2 is 2.06 bits per heavy atom. The zero-order valence-electron chi connectivity index (χ0n) is 9.46. The molecule has 1 aromatic carbocycles. The molecule has 0 bridgehead atoms. The van der Waals surface area contributed by atoms with E-state index >= 15 is 0 Å². The summed E-state index contributed by atoms with van der Waals surface area (Å²) in [6.07, 6.45) is 2.45. The molecule has 3 nitrogen and oxygen atoms in total. The van der Waals surface area contributed by atoms with Crippen LogP contribution in [0.1, 0.15) is 24.4 Å². The predicted molar refractivity (Wildman–Crippen MR) is 70.7 cm³/mol. The largest absolute Gasteiger partial charge is 0.491 e. The predicted octanol–water partition coefficient (Wildman–Crippen LogP) is 2.74. The molecule has 0 radical (unpaired) electrons. The van der Waals surface area contributed by atoms with Gasteiger partial charge in [0.15, 0.2) is 0 Å². The quantitative estimate of drug-likeness (QED) is 0.868. The number of rotatable bonds is 5. The van der Waals surface area contributed by atoms with Crippen molar-refractivity contribution in [2.45, 2.75) is 18.9 Å². The molecule has 0 heterocycles.